The normalized spacial score (nSPS) is 10.8. The monoisotopic (exact) mass is 267 g/mol. The van der Waals surface area contributed by atoms with Gasteiger partial charge in [-0.1, -0.05) is 29.4 Å². The van der Waals surface area contributed by atoms with Crippen LogP contribution < -0.4 is 0 Å². The fourth-order valence-electron chi connectivity index (χ4n) is 2.09. The third kappa shape index (κ3) is 2.35. The first-order chi connectivity index (χ1) is 9.63. The quantitative estimate of drug-likeness (QED) is 0.668. The highest BCUT2D eigenvalue weighted by atomic mass is 19.1. The summed E-state index contributed by atoms with van der Waals surface area (Å²) in [6.07, 6.45) is 0. The van der Waals surface area contributed by atoms with Crippen molar-refractivity contribution in [2.75, 3.05) is 0 Å². The Bertz CT molecular complexity index is 761. The maximum absolute atomic E-state index is 13.2. The Balaban J connectivity index is 1.99. The number of benzene rings is 2. The summed E-state index contributed by atoms with van der Waals surface area (Å²) in [6.45, 7) is 4.13. The summed E-state index contributed by atoms with van der Waals surface area (Å²) in [4.78, 5) is 0. The standard InChI is InChI=1S/C17H14FNO/c1-11-6-7-13(8-12(11)2)16-10-17(20-19-16)14-4-3-5-15(18)9-14/h3-10H,1-2H3. The van der Waals surface area contributed by atoms with Gasteiger partial charge in [0.05, 0.1) is 0 Å². The molecule has 100 valence electrons. The Kier molecular flexibility index (Phi) is 3.11. The molecule has 0 saturated carbocycles. The smallest absolute Gasteiger partial charge is 0.167 e. The van der Waals surface area contributed by atoms with E-state index in [9.17, 15) is 4.39 Å². The summed E-state index contributed by atoms with van der Waals surface area (Å²) in [5.74, 6) is 0.282. The van der Waals surface area contributed by atoms with E-state index in [1.165, 1.54) is 23.3 Å². The maximum atomic E-state index is 13.2. The van der Waals surface area contributed by atoms with Crippen molar-refractivity contribution in [3.8, 4) is 22.6 Å². The zero-order valence-electron chi connectivity index (χ0n) is 11.4. The van der Waals surface area contributed by atoms with Gasteiger partial charge in [-0.05, 0) is 43.2 Å². The van der Waals surface area contributed by atoms with Crippen molar-refractivity contribution >= 4 is 0 Å². The van der Waals surface area contributed by atoms with Gasteiger partial charge in [0, 0.05) is 17.2 Å². The van der Waals surface area contributed by atoms with E-state index in [1.54, 1.807) is 12.1 Å². The Labute approximate surface area is 116 Å². The molecule has 3 rings (SSSR count). The molecule has 0 fully saturated rings. The lowest BCUT2D eigenvalue weighted by Gasteiger charge is -2.01. The van der Waals surface area contributed by atoms with Crippen LogP contribution in [-0.4, -0.2) is 5.16 Å². The Morgan fingerprint density at radius 3 is 2.50 bits per heavy atom. The van der Waals surface area contributed by atoms with Crippen LogP contribution in [0.4, 0.5) is 4.39 Å². The molecule has 0 spiro atoms. The second-order valence-corrected chi connectivity index (χ2v) is 4.89. The first-order valence-corrected chi connectivity index (χ1v) is 6.44. The van der Waals surface area contributed by atoms with Gasteiger partial charge >= 0.3 is 0 Å². The molecule has 1 aromatic heterocycles. The Morgan fingerprint density at radius 2 is 1.75 bits per heavy atom. The molecule has 0 radical (unpaired) electrons. The summed E-state index contributed by atoms with van der Waals surface area (Å²) in [5, 5.41) is 4.07. The van der Waals surface area contributed by atoms with E-state index in [0.29, 0.717) is 11.3 Å². The molecule has 0 aliphatic carbocycles. The topological polar surface area (TPSA) is 26.0 Å². The highest BCUT2D eigenvalue weighted by Crippen LogP contribution is 2.27. The highest BCUT2D eigenvalue weighted by Gasteiger charge is 2.09. The minimum Gasteiger partial charge on any atom is -0.356 e. The third-order valence-electron chi connectivity index (χ3n) is 3.42. The zero-order chi connectivity index (χ0) is 14.1. The van der Waals surface area contributed by atoms with E-state index in [0.717, 1.165) is 11.3 Å². The molecule has 0 N–H and O–H groups in total. The predicted octanol–water partition coefficient (Wildman–Crippen LogP) is 4.76. The number of aromatic nitrogens is 1. The molecular formula is C17H14FNO. The number of hydrogen-bond acceptors (Lipinski definition) is 2. The summed E-state index contributed by atoms with van der Waals surface area (Å²) < 4.78 is 18.5. The van der Waals surface area contributed by atoms with Crippen LogP contribution in [0, 0.1) is 19.7 Å². The number of nitrogens with zero attached hydrogens (tertiary/aromatic N) is 1. The Morgan fingerprint density at radius 1 is 0.900 bits per heavy atom. The summed E-state index contributed by atoms with van der Waals surface area (Å²) in [6, 6.07) is 14.3. The van der Waals surface area contributed by atoms with Crippen molar-refractivity contribution in [1.29, 1.82) is 0 Å². The minimum absolute atomic E-state index is 0.286. The van der Waals surface area contributed by atoms with Gasteiger partial charge in [-0.2, -0.15) is 0 Å². The van der Waals surface area contributed by atoms with Gasteiger partial charge in [-0.25, -0.2) is 4.39 Å². The summed E-state index contributed by atoms with van der Waals surface area (Å²) in [5.41, 5.74) is 4.89. The van der Waals surface area contributed by atoms with Crippen LogP contribution in [0.15, 0.2) is 53.1 Å². The van der Waals surface area contributed by atoms with E-state index in [2.05, 4.69) is 31.1 Å². The van der Waals surface area contributed by atoms with E-state index < -0.39 is 0 Å². The van der Waals surface area contributed by atoms with Crippen molar-refractivity contribution in [2.24, 2.45) is 0 Å². The van der Waals surface area contributed by atoms with Crippen LogP contribution in [0.25, 0.3) is 22.6 Å². The first-order valence-electron chi connectivity index (χ1n) is 6.44. The third-order valence-corrected chi connectivity index (χ3v) is 3.42. The molecule has 3 heteroatoms. The van der Waals surface area contributed by atoms with Crippen LogP contribution >= 0.6 is 0 Å². The lowest BCUT2D eigenvalue weighted by atomic mass is 10.0. The first kappa shape index (κ1) is 12.6. The molecule has 0 unspecified atom stereocenters. The van der Waals surface area contributed by atoms with Crippen molar-refractivity contribution in [3.63, 3.8) is 0 Å². The van der Waals surface area contributed by atoms with Crippen molar-refractivity contribution in [1.82, 2.24) is 5.16 Å². The lowest BCUT2D eigenvalue weighted by molar-refractivity contribution is 0.434. The highest BCUT2D eigenvalue weighted by molar-refractivity contribution is 5.67. The SMILES string of the molecule is Cc1ccc(-c2cc(-c3cccc(F)c3)on2)cc1C. The zero-order valence-corrected chi connectivity index (χ0v) is 11.4. The molecule has 0 aliphatic rings. The molecule has 0 saturated heterocycles. The van der Waals surface area contributed by atoms with Gasteiger partial charge in [0.25, 0.3) is 0 Å². The fourth-order valence-corrected chi connectivity index (χ4v) is 2.09. The van der Waals surface area contributed by atoms with Gasteiger partial charge in [0.1, 0.15) is 11.5 Å². The van der Waals surface area contributed by atoms with Crippen molar-refractivity contribution < 1.29 is 8.91 Å². The molecule has 2 nitrogen and oxygen atoms in total. The van der Waals surface area contributed by atoms with Crippen LogP contribution in [0.2, 0.25) is 0 Å². The van der Waals surface area contributed by atoms with Gasteiger partial charge in [0.2, 0.25) is 0 Å². The number of hydrogen-bond donors (Lipinski definition) is 0. The van der Waals surface area contributed by atoms with Gasteiger partial charge in [-0.15, -0.1) is 0 Å². The van der Waals surface area contributed by atoms with E-state index in [1.807, 2.05) is 12.1 Å². The molecule has 1 heterocycles. The average Bonchev–Trinajstić information content (AvgIpc) is 2.92. The van der Waals surface area contributed by atoms with Gasteiger partial charge < -0.3 is 4.52 Å². The molecule has 2 aromatic carbocycles. The molecule has 0 amide bonds. The van der Waals surface area contributed by atoms with Gasteiger partial charge in [0.15, 0.2) is 5.76 Å². The molecule has 0 aliphatic heterocycles. The van der Waals surface area contributed by atoms with Crippen molar-refractivity contribution in [2.45, 2.75) is 13.8 Å². The molecule has 0 atom stereocenters. The fraction of sp³-hybridized carbons (Fsp3) is 0.118. The summed E-state index contributed by atoms with van der Waals surface area (Å²) in [7, 11) is 0. The van der Waals surface area contributed by atoms with E-state index in [4.69, 9.17) is 4.52 Å². The largest absolute Gasteiger partial charge is 0.356 e. The molecular weight excluding hydrogens is 253 g/mol. The second-order valence-electron chi connectivity index (χ2n) is 4.89. The van der Waals surface area contributed by atoms with Crippen LogP contribution in [0.1, 0.15) is 11.1 Å². The maximum Gasteiger partial charge on any atom is 0.167 e. The minimum atomic E-state index is -0.286. The number of halogens is 1. The van der Waals surface area contributed by atoms with Crippen LogP contribution in [0.5, 0.6) is 0 Å². The van der Waals surface area contributed by atoms with E-state index >= 15 is 0 Å². The van der Waals surface area contributed by atoms with Gasteiger partial charge in [-0.3, -0.25) is 0 Å². The molecule has 20 heavy (non-hydrogen) atoms. The number of rotatable bonds is 2. The summed E-state index contributed by atoms with van der Waals surface area (Å²) >= 11 is 0. The Hall–Kier alpha value is -2.42. The lowest BCUT2D eigenvalue weighted by Crippen LogP contribution is -1.83. The van der Waals surface area contributed by atoms with Crippen molar-refractivity contribution in [3.05, 3.63) is 65.5 Å². The average molecular weight is 267 g/mol. The number of aryl methyl sites for hydroxylation is 2. The van der Waals surface area contributed by atoms with Crippen LogP contribution in [0.3, 0.4) is 0 Å². The predicted molar refractivity (Wildman–Crippen MR) is 76.8 cm³/mol. The van der Waals surface area contributed by atoms with E-state index in [-0.39, 0.29) is 5.82 Å². The molecule has 0 bridgehead atoms. The molecule has 3 aromatic rings. The second kappa shape index (κ2) is 4.93. The van der Waals surface area contributed by atoms with Crippen LogP contribution in [-0.2, 0) is 0 Å².